The molecule has 1 N–H and O–H groups in total. The minimum absolute atomic E-state index is 0.166. The standard InChI is InChI=1S/C24H29NO3/c1-18-4-3-5-19(16-18)12-13-25(14-15-26)23-10-8-21-17-20(6-9-22(21)23)7-11-24(27)28-2/h3-7,9,11,16-17,23,26H,8,10,12-15H2,1-2H3/b11-7+. The molecular weight excluding hydrogens is 350 g/mol. The number of esters is 1. The Bertz CT molecular complexity index is 843. The molecule has 0 aromatic heterocycles. The zero-order valence-electron chi connectivity index (χ0n) is 16.7. The van der Waals surface area contributed by atoms with Gasteiger partial charge in [0.25, 0.3) is 0 Å². The first-order chi connectivity index (χ1) is 13.6. The summed E-state index contributed by atoms with van der Waals surface area (Å²) in [5.41, 5.74) is 6.30. The largest absolute Gasteiger partial charge is 0.466 e. The number of aliphatic hydroxyl groups excluding tert-OH is 1. The van der Waals surface area contributed by atoms with Crippen LogP contribution >= 0.6 is 0 Å². The number of rotatable bonds is 8. The van der Waals surface area contributed by atoms with Crippen LogP contribution in [0.25, 0.3) is 6.08 Å². The number of carbonyl (C=O) groups is 1. The lowest BCUT2D eigenvalue weighted by molar-refractivity contribution is -0.134. The highest BCUT2D eigenvalue weighted by Crippen LogP contribution is 2.36. The Kier molecular flexibility index (Phi) is 7.01. The third-order valence-corrected chi connectivity index (χ3v) is 5.42. The second-order valence-electron chi connectivity index (χ2n) is 7.37. The van der Waals surface area contributed by atoms with Gasteiger partial charge in [-0.1, -0.05) is 48.0 Å². The minimum Gasteiger partial charge on any atom is -0.466 e. The number of fused-ring (bicyclic) bond motifs is 1. The summed E-state index contributed by atoms with van der Waals surface area (Å²) in [6, 6.07) is 15.4. The number of nitrogens with zero attached hydrogens (tertiary/aromatic N) is 1. The van der Waals surface area contributed by atoms with E-state index in [9.17, 15) is 9.90 Å². The van der Waals surface area contributed by atoms with E-state index < -0.39 is 0 Å². The number of aryl methyl sites for hydroxylation is 2. The van der Waals surface area contributed by atoms with Crippen molar-refractivity contribution in [3.63, 3.8) is 0 Å². The van der Waals surface area contributed by atoms with E-state index in [1.807, 2.05) is 6.07 Å². The number of ether oxygens (including phenoxy) is 1. The van der Waals surface area contributed by atoms with Crippen LogP contribution in [0, 0.1) is 6.92 Å². The summed E-state index contributed by atoms with van der Waals surface area (Å²) in [5.74, 6) is -0.344. The average Bonchev–Trinajstić information content (AvgIpc) is 3.12. The van der Waals surface area contributed by atoms with Gasteiger partial charge in [-0.05, 0) is 54.5 Å². The Morgan fingerprint density at radius 1 is 1.25 bits per heavy atom. The van der Waals surface area contributed by atoms with Crippen LogP contribution in [0.3, 0.4) is 0 Å². The Labute approximate surface area is 167 Å². The average molecular weight is 380 g/mol. The number of aliphatic hydroxyl groups is 1. The summed E-state index contributed by atoms with van der Waals surface area (Å²) in [4.78, 5) is 13.7. The molecule has 1 aliphatic rings. The molecule has 0 fully saturated rings. The summed E-state index contributed by atoms with van der Waals surface area (Å²) in [7, 11) is 1.38. The molecule has 0 saturated heterocycles. The van der Waals surface area contributed by atoms with Gasteiger partial charge in [0, 0.05) is 25.2 Å². The van der Waals surface area contributed by atoms with Crippen molar-refractivity contribution in [1.29, 1.82) is 0 Å². The molecule has 0 bridgehead atoms. The predicted octanol–water partition coefficient (Wildman–Crippen LogP) is 3.71. The van der Waals surface area contributed by atoms with E-state index >= 15 is 0 Å². The third-order valence-electron chi connectivity index (χ3n) is 5.42. The first-order valence-corrected chi connectivity index (χ1v) is 9.90. The van der Waals surface area contributed by atoms with E-state index in [1.165, 1.54) is 35.4 Å². The van der Waals surface area contributed by atoms with Gasteiger partial charge >= 0.3 is 5.97 Å². The maximum absolute atomic E-state index is 11.3. The van der Waals surface area contributed by atoms with E-state index in [-0.39, 0.29) is 12.6 Å². The molecule has 0 radical (unpaired) electrons. The topological polar surface area (TPSA) is 49.8 Å². The highest BCUT2D eigenvalue weighted by atomic mass is 16.5. The summed E-state index contributed by atoms with van der Waals surface area (Å²) >= 11 is 0. The summed E-state index contributed by atoms with van der Waals surface area (Å²) in [5, 5.41) is 9.58. The van der Waals surface area contributed by atoms with E-state index in [0.717, 1.165) is 31.4 Å². The molecule has 0 spiro atoms. The van der Waals surface area contributed by atoms with Crippen molar-refractivity contribution in [3.05, 3.63) is 76.4 Å². The maximum Gasteiger partial charge on any atom is 0.330 e. The van der Waals surface area contributed by atoms with Crippen molar-refractivity contribution >= 4 is 12.0 Å². The molecule has 148 valence electrons. The van der Waals surface area contributed by atoms with Gasteiger partial charge in [-0.25, -0.2) is 4.79 Å². The highest BCUT2D eigenvalue weighted by Gasteiger charge is 2.27. The minimum atomic E-state index is -0.344. The van der Waals surface area contributed by atoms with Crippen molar-refractivity contribution in [1.82, 2.24) is 4.90 Å². The lowest BCUT2D eigenvalue weighted by atomic mass is 10.0. The van der Waals surface area contributed by atoms with Crippen molar-refractivity contribution in [3.8, 4) is 0 Å². The normalized spacial score (nSPS) is 15.9. The van der Waals surface area contributed by atoms with E-state index in [2.05, 4.69) is 53.0 Å². The number of hydrogen-bond acceptors (Lipinski definition) is 4. The SMILES string of the molecule is COC(=O)/C=C/c1ccc2c(c1)CCC2N(CCO)CCc1cccc(C)c1. The van der Waals surface area contributed by atoms with Crippen molar-refractivity contribution < 1.29 is 14.6 Å². The van der Waals surface area contributed by atoms with Gasteiger partial charge in [0.05, 0.1) is 13.7 Å². The quantitative estimate of drug-likeness (QED) is 0.561. The molecule has 3 rings (SSSR count). The molecule has 1 atom stereocenters. The first-order valence-electron chi connectivity index (χ1n) is 9.90. The Morgan fingerprint density at radius 2 is 2.11 bits per heavy atom. The summed E-state index contributed by atoms with van der Waals surface area (Å²) in [6.07, 6.45) is 6.31. The van der Waals surface area contributed by atoms with E-state index in [0.29, 0.717) is 12.6 Å². The van der Waals surface area contributed by atoms with Gasteiger partial charge in [0.1, 0.15) is 0 Å². The number of hydrogen-bond donors (Lipinski definition) is 1. The maximum atomic E-state index is 11.3. The molecule has 2 aromatic rings. The molecule has 0 saturated carbocycles. The number of methoxy groups -OCH3 is 1. The fraction of sp³-hybridized carbons (Fsp3) is 0.375. The smallest absolute Gasteiger partial charge is 0.330 e. The van der Waals surface area contributed by atoms with Crippen LogP contribution in [0.1, 0.15) is 40.3 Å². The highest BCUT2D eigenvalue weighted by molar-refractivity contribution is 5.86. The molecule has 4 nitrogen and oxygen atoms in total. The lowest BCUT2D eigenvalue weighted by Crippen LogP contribution is -2.32. The molecule has 0 aliphatic heterocycles. The Hall–Kier alpha value is -2.43. The first kappa shape index (κ1) is 20.3. The Morgan fingerprint density at radius 3 is 2.86 bits per heavy atom. The zero-order chi connectivity index (χ0) is 19.9. The van der Waals surface area contributed by atoms with Crippen LogP contribution in [0.4, 0.5) is 0 Å². The molecular formula is C24H29NO3. The second-order valence-corrected chi connectivity index (χ2v) is 7.37. The van der Waals surface area contributed by atoms with Gasteiger partial charge in [0.15, 0.2) is 0 Å². The van der Waals surface area contributed by atoms with Gasteiger partial charge in [-0.3, -0.25) is 4.90 Å². The molecule has 2 aromatic carbocycles. The summed E-state index contributed by atoms with van der Waals surface area (Å²) < 4.78 is 4.65. The van der Waals surface area contributed by atoms with Gasteiger partial charge in [-0.15, -0.1) is 0 Å². The number of benzene rings is 2. The molecule has 0 amide bonds. The molecule has 4 heteroatoms. The van der Waals surface area contributed by atoms with Crippen LogP contribution in [-0.2, 0) is 22.4 Å². The van der Waals surface area contributed by atoms with E-state index in [1.54, 1.807) is 6.08 Å². The zero-order valence-corrected chi connectivity index (χ0v) is 16.7. The fourth-order valence-corrected chi connectivity index (χ4v) is 4.02. The van der Waals surface area contributed by atoms with Crippen molar-refractivity contribution in [2.24, 2.45) is 0 Å². The van der Waals surface area contributed by atoms with Crippen LogP contribution in [0.5, 0.6) is 0 Å². The fourth-order valence-electron chi connectivity index (χ4n) is 4.02. The van der Waals surface area contributed by atoms with Gasteiger partial charge in [0.2, 0.25) is 0 Å². The van der Waals surface area contributed by atoms with Gasteiger partial charge in [-0.2, -0.15) is 0 Å². The number of carbonyl (C=O) groups excluding carboxylic acids is 1. The van der Waals surface area contributed by atoms with Crippen LogP contribution < -0.4 is 0 Å². The van der Waals surface area contributed by atoms with Gasteiger partial charge < -0.3 is 9.84 Å². The summed E-state index contributed by atoms with van der Waals surface area (Å²) in [6.45, 7) is 3.89. The predicted molar refractivity (Wildman–Crippen MR) is 112 cm³/mol. The third kappa shape index (κ3) is 5.09. The van der Waals surface area contributed by atoms with Crippen molar-refractivity contribution in [2.45, 2.75) is 32.2 Å². The molecule has 1 unspecified atom stereocenters. The monoisotopic (exact) mass is 379 g/mol. The van der Waals surface area contributed by atoms with Crippen LogP contribution in [-0.4, -0.2) is 42.8 Å². The lowest BCUT2D eigenvalue weighted by Gasteiger charge is -2.29. The van der Waals surface area contributed by atoms with E-state index in [4.69, 9.17) is 0 Å². The molecule has 0 heterocycles. The second kappa shape index (κ2) is 9.67. The molecule has 1 aliphatic carbocycles. The van der Waals surface area contributed by atoms with Crippen LogP contribution in [0.2, 0.25) is 0 Å². The van der Waals surface area contributed by atoms with Crippen LogP contribution in [0.15, 0.2) is 48.5 Å². The van der Waals surface area contributed by atoms with Crippen molar-refractivity contribution in [2.75, 3.05) is 26.8 Å². The Balaban J connectivity index is 1.72. The molecule has 28 heavy (non-hydrogen) atoms.